The number of rotatable bonds is 6. The normalized spacial score (nSPS) is 15.9. The van der Waals surface area contributed by atoms with Crippen LogP contribution in [0.5, 0.6) is 0 Å². The summed E-state index contributed by atoms with van der Waals surface area (Å²) in [5, 5.41) is 15.7. The number of fused-ring (bicyclic) bond motifs is 1. The van der Waals surface area contributed by atoms with E-state index in [0.717, 1.165) is 31.6 Å². The molecule has 4 N–H and O–H groups in total. The smallest absolute Gasteiger partial charge is 0.258 e. The van der Waals surface area contributed by atoms with Gasteiger partial charge in [0, 0.05) is 36.7 Å². The zero-order valence-electron chi connectivity index (χ0n) is 20.3. The second kappa shape index (κ2) is 9.47. The van der Waals surface area contributed by atoms with E-state index in [1.165, 1.54) is 24.3 Å². The molecule has 9 nitrogen and oxygen atoms in total. The number of nitrogens with zero attached hydrogens (tertiary/aromatic N) is 4. The number of nitrogens with two attached hydrogens (primary N) is 1. The summed E-state index contributed by atoms with van der Waals surface area (Å²) in [6.45, 7) is 1.44. The molecule has 1 atom stereocenters. The SMILES string of the molecule is NC(=O)C(O)(c1ccccc1)c1ccc(-c2ccnc3nc(-c4cnn(C5CCOCC5)c4)[nH]c23)cc1F. The molecule has 5 aromatic rings. The summed E-state index contributed by atoms with van der Waals surface area (Å²) in [7, 11) is 0. The molecule has 1 unspecified atom stereocenters. The van der Waals surface area contributed by atoms with Crippen LogP contribution in [-0.2, 0) is 15.1 Å². The van der Waals surface area contributed by atoms with E-state index >= 15 is 4.39 Å². The van der Waals surface area contributed by atoms with Crippen LogP contribution >= 0.6 is 0 Å². The molecule has 0 aliphatic carbocycles. The topological polar surface area (TPSA) is 132 Å². The summed E-state index contributed by atoms with van der Waals surface area (Å²) in [6.07, 6.45) is 7.13. The van der Waals surface area contributed by atoms with E-state index < -0.39 is 17.3 Å². The molecule has 0 radical (unpaired) electrons. The largest absolute Gasteiger partial charge is 0.381 e. The Morgan fingerprint density at radius 3 is 2.66 bits per heavy atom. The van der Waals surface area contributed by atoms with Gasteiger partial charge in [0.1, 0.15) is 11.6 Å². The fourth-order valence-corrected chi connectivity index (χ4v) is 4.98. The van der Waals surface area contributed by atoms with E-state index in [2.05, 4.69) is 20.1 Å². The van der Waals surface area contributed by atoms with Crippen LogP contribution in [0.25, 0.3) is 33.7 Å². The van der Waals surface area contributed by atoms with E-state index in [-0.39, 0.29) is 17.2 Å². The molecule has 0 spiro atoms. The van der Waals surface area contributed by atoms with Gasteiger partial charge in [-0.3, -0.25) is 9.48 Å². The molecule has 1 aliphatic rings. The average molecular weight is 513 g/mol. The van der Waals surface area contributed by atoms with Crippen molar-refractivity contribution in [2.24, 2.45) is 5.73 Å². The number of carbonyl (C=O) groups excluding carboxylic acids is 1. The summed E-state index contributed by atoms with van der Waals surface area (Å²) in [5.41, 5.74) is 6.29. The number of primary amides is 1. The third kappa shape index (κ3) is 4.04. The molecular weight excluding hydrogens is 487 g/mol. The molecular formula is C28H25FN6O3. The fourth-order valence-electron chi connectivity index (χ4n) is 4.98. The molecule has 3 aromatic heterocycles. The fraction of sp³-hybridized carbons (Fsp3) is 0.214. The minimum Gasteiger partial charge on any atom is -0.381 e. The first-order chi connectivity index (χ1) is 18.4. The van der Waals surface area contributed by atoms with Crippen molar-refractivity contribution in [1.29, 1.82) is 0 Å². The molecule has 1 fully saturated rings. The molecule has 0 saturated carbocycles. The monoisotopic (exact) mass is 512 g/mol. The van der Waals surface area contributed by atoms with Crippen molar-refractivity contribution in [2.75, 3.05) is 13.2 Å². The second-order valence-electron chi connectivity index (χ2n) is 9.33. The maximum atomic E-state index is 15.5. The van der Waals surface area contributed by atoms with Crippen molar-refractivity contribution in [3.63, 3.8) is 0 Å². The number of aromatic nitrogens is 5. The van der Waals surface area contributed by atoms with E-state index in [1.54, 1.807) is 42.7 Å². The molecule has 2 aromatic carbocycles. The van der Waals surface area contributed by atoms with Crippen molar-refractivity contribution >= 4 is 17.1 Å². The number of amides is 1. The van der Waals surface area contributed by atoms with Gasteiger partial charge in [0.05, 0.1) is 23.3 Å². The molecule has 6 rings (SSSR count). The Hall–Kier alpha value is -4.41. The first kappa shape index (κ1) is 24.0. The minimum absolute atomic E-state index is 0.185. The molecule has 10 heteroatoms. The lowest BCUT2D eigenvalue weighted by molar-refractivity contribution is -0.133. The number of ether oxygens (including phenoxy) is 1. The first-order valence-electron chi connectivity index (χ1n) is 12.3. The van der Waals surface area contributed by atoms with Gasteiger partial charge in [0.2, 0.25) is 0 Å². The predicted molar refractivity (Wildman–Crippen MR) is 138 cm³/mol. The third-order valence-electron chi connectivity index (χ3n) is 7.05. The number of hydrogen-bond donors (Lipinski definition) is 3. The standard InChI is InChI=1S/C28H25FN6O3/c29-23-14-17(6-7-22(23)28(37,27(30)36)19-4-2-1-3-5-19)21-8-11-31-26-24(21)33-25(34-26)18-15-32-35(16-18)20-9-12-38-13-10-20/h1-8,11,14-16,20,37H,9-10,12-13H2,(H2,30,36)(H,31,33,34). The van der Waals surface area contributed by atoms with Crippen LogP contribution in [-0.4, -0.2) is 49.0 Å². The lowest BCUT2D eigenvalue weighted by Gasteiger charge is -2.26. The van der Waals surface area contributed by atoms with Gasteiger partial charge in [-0.05, 0) is 36.1 Å². The Kier molecular flexibility index (Phi) is 5.97. The number of H-pyrrole nitrogens is 1. The highest BCUT2D eigenvalue weighted by Gasteiger charge is 2.40. The van der Waals surface area contributed by atoms with Crippen molar-refractivity contribution in [2.45, 2.75) is 24.5 Å². The molecule has 1 saturated heterocycles. The number of nitrogens with one attached hydrogen (secondary N) is 1. The van der Waals surface area contributed by atoms with Crippen molar-refractivity contribution in [1.82, 2.24) is 24.7 Å². The molecule has 0 bridgehead atoms. The maximum Gasteiger partial charge on any atom is 0.258 e. The van der Waals surface area contributed by atoms with Crippen LogP contribution in [0.1, 0.15) is 30.0 Å². The number of imidazole rings is 1. The third-order valence-corrected chi connectivity index (χ3v) is 7.05. The van der Waals surface area contributed by atoms with Crippen molar-refractivity contribution in [3.8, 4) is 22.5 Å². The van der Waals surface area contributed by atoms with E-state index in [0.29, 0.717) is 28.1 Å². The van der Waals surface area contributed by atoms with Gasteiger partial charge >= 0.3 is 0 Å². The number of hydrogen-bond acceptors (Lipinski definition) is 6. The lowest BCUT2D eigenvalue weighted by Crippen LogP contribution is -2.42. The van der Waals surface area contributed by atoms with Crippen molar-refractivity contribution < 1.29 is 19.0 Å². The van der Waals surface area contributed by atoms with Gasteiger partial charge in [-0.2, -0.15) is 5.10 Å². The highest BCUT2D eigenvalue weighted by molar-refractivity contribution is 5.92. The molecule has 1 amide bonds. The number of halogens is 1. The number of aliphatic hydroxyl groups is 1. The molecule has 1 aliphatic heterocycles. The zero-order valence-corrected chi connectivity index (χ0v) is 20.3. The van der Waals surface area contributed by atoms with Gasteiger partial charge < -0.3 is 20.6 Å². The van der Waals surface area contributed by atoms with Gasteiger partial charge in [0.25, 0.3) is 5.91 Å². The predicted octanol–water partition coefficient (Wildman–Crippen LogP) is 3.70. The Morgan fingerprint density at radius 1 is 1.13 bits per heavy atom. The number of pyridine rings is 1. The zero-order chi connectivity index (χ0) is 26.3. The molecule has 4 heterocycles. The second-order valence-corrected chi connectivity index (χ2v) is 9.33. The Balaban J connectivity index is 1.37. The van der Waals surface area contributed by atoms with Gasteiger partial charge in [-0.1, -0.05) is 42.5 Å². The van der Waals surface area contributed by atoms with E-state index in [9.17, 15) is 9.90 Å². The van der Waals surface area contributed by atoms with Crippen LogP contribution in [0.4, 0.5) is 4.39 Å². The summed E-state index contributed by atoms with van der Waals surface area (Å²) < 4.78 is 22.9. The number of carbonyl (C=O) groups is 1. The first-order valence-corrected chi connectivity index (χ1v) is 12.3. The van der Waals surface area contributed by atoms with Gasteiger partial charge in [-0.15, -0.1) is 0 Å². The van der Waals surface area contributed by atoms with Crippen LogP contribution < -0.4 is 5.73 Å². The average Bonchev–Trinajstić information content (AvgIpc) is 3.61. The minimum atomic E-state index is -2.32. The van der Waals surface area contributed by atoms with Crippen LogP contribution in [0.3, 0.4) is 0 Å². The Morgan fingerprint density at radius 2 is 1.92 bits per heavy atom. The van der Waals surface area contributed by atoms with E-state index in [1.807, 2.05) is 10.9 Å². The number of aromatic amines is 1. The van der Waals surface area contributed by atoms with E-state index in [4.69, 9.17) is 10.5 Å². The summed E-state index contributed by atoms with van der Waals surface area (Å²) in [5.74, 6) is -1.24. The van der Waals surface area contributed by atoms with Crippen LogP contribution in [0.15, 0.2) is 73.2 Å². The Bertz CT molecular complexity index is 1630. The van der Waals surface area contributed by atoms with Gasteiger partial charge in [0.15, 0.2) is 11.2 Å². The molecule has 192 valence electrons. The molecule has 38 heavy (non-hydrogen) atoms. The number of benzene rings is 2. The highest BCUT2D eigenvalue weighted by Crippen LogP contribution is 2.35. The quantitative estimate of drug-likeness (QED) is 0.318. The van der Waals surface area contributed by atoms with Crippen molar-refractivity contribution in [3.05, 3.63) is 90.1 Å². The summed E-state index contributed by atoms with van der Waals surface area (Å²) in [6, 6.07) is 14.4. The maximum absolute atomic E-state index is 15.5. The van der Waals surface area contributed by atoms with Crippen LogP contribution in [0.2, 0.25) is 0 Å². The summed E-state index contributed by atoms with van der Waals surface area (Å²) >= 11 is 0. The highest BCUT2D eigenvalue weighted by atomic mass is 19.1. The summed E-state index contributed by atoms with van der Waals surface area (Å²) in [4.78, 5) is 24.6. The lowest BCUT2D eigenvalue weighted by atomic mass is 9.84. The Labute approximate surface area is 217 Å². The van der Waals surface area contributed by atoms with Crippen LogP contribution in [0, 0.1) is 5.82 Å². The van der Waals surface area contributed by atoms with Gasteiger partial charge in [-0.25, -0.2) is 14.4 Å².